The highest BCUT2D eigenvalue weighted by molar-refractivity contribution is 9.12. The number of nitrogens with one attached hydrogen (secondary N) is 1. The van der Waals surface area contributed by atoms with Crippen molar-refractivity contribution in [2.45, 2.75) is 25.8 Å². The summed E-state index contributed by atoms with van der Waals surface area (Å²) in [6, 6.07) is 6.98. The first-order chi connectivity index (χ1) is 8.70. The lowest BCUT2D eigenvalue weighted by Gasteiger charge is -2.17. The summed E-state index contributed by atoms with van der Waals surface area (Å²) in [4.78, 5) is 1.46. The fraction of sp³-hybridized carbons (Fsp3) is 0.385. The number of hydrogen-bond acceptors (Lipinski definition) is 3. The number of hydrogen-bond donors (Lipinski definition) is 1. The highest BCUT2D eigenvalue weighted by Gasteiger charge is 2.16. The first-order valence-corrected chi connectivity index (χ1v) is 9.19. The zero-order valence-electron chi connectivity index (χ0n) is 10.1. The molecule has 0 radical (unpaired) electrons. The van der Waals surface area contributed by atoms with Gasteiger partial charge in [-0.05, 0) is 74.3 Å². The summed E-state index contributed by atoms with van der Waals surface area (Å²) in [6.07, 6.45) is 2.27. The largest absolute Gasteiger partial charge is 0.310 e. The van der Waals surface area contributed by atoms with Gasteiger partial charge in [-0.15, -0.1) is 22.7 Å². The van der Waals surface area contributed by atoms with E-state index in [1.165, 1.54) is 18.0 Å². The molecule has 1 nitrogen and oxygen atoms in total. The maximum Gasteiger partial charge on any atom is 0.0758 e. The second-order valence-corrected chi connectivity index (χ2v) is 8.79. The van der Waals surface area contributed by atoms with Gasteiger partial charge in [-0.2, -0.15) is 0 Å². The molecular weight excluding hydrogens is 394 g/mol. The van der Waals surface area contributed by atoms with Gasteiger partial charge in [0.1, 0.15) is 0 Å². The molecule has 2 aromatic heterocycles. The lowest BCUT2D eigenvalue weighted by atomic mass is 10.0. The van der Waals surface area contributed by atoms with Crippen LogP contribution in [-0.4, -0.2) is 6.54 Å². The van der Waals surface area contributed by atoms with Crippen molar-refractivity contribution in [2.24, 2.45) is 0 Å². The molecule has 0 saturated carbocycles. The molecule has 18 heavy (non-hydrogen) atoms. The zero-order valence-corrected chi connectivity index (χ0v) is 14.9. The van der Waals surface area contributed by atoms with E-state index in [1.54, 1.807) is 11.3 Å². The van der Waals surface area contributed by atoms with Gasteiger partial charge >= 0.3 is 0 Å². The molecule has 0 saturated heterocycles. The van der Waals surface area contributed by atoms with E-state index >= 15 is 0 Å². The van der Waals surface area contributed by atoms with Gasteiger partial charge in [-0.25, -0.2) is 0 Å². The topological polar surface area (TPSA) is 12.0 Å². The molecule has 98 valence electrons. The normalized spacial score (nSPS) is 12.8. The predicted octanol–water partition coefficient (Wildman–Crippen LogP) is 5.62. The van der Waals surface area contributed by atoms with Crippen LogP contribution in [0.3, 0.4) is 0 Å². The minimum atomic E-state index is 0.425. The van der Waals surface area contributed by atoms with Crippen molar-refractivity contribution in [3.63, 3.8) is 0 Å². The number of thiophene rings is 2. The number of rotatable bonds is 6. The Labute approximate surface area is 133 Å². The average molecular weight is 409 g/mol. The molecule has 0 aliphatic rings. The zero-order chi connectivity index (χ0) is 13.0. The van der Waals surface area contributed by atoms with Crippen molar-refractivity contribution >= 4 is 54.5 Å². The molecule has 2 rings (SSSR count). The van der Waals surface area contributed by atoms with Crippen LogP contribution in [0.5, 0.6) is 0 Å². The van der Waals surface area contributed by atoms with Crippen LogP contribution in [0.1, 0.15) is 29.8 Å². The van der Waals surface area contributed by atoms with Crippen molar-refractivity contribution in [3.05, 3.63) is 41.6 Å². The second kappa shape index (κ2) is 7.20. The third kappa shape index (κ3) is 3.90. The van der Waals surface area contributed by atoms with Crippen LogP contribution in [0.25, 0.3) is 0 Å². The van der Waals surface area contributed by atoms with E-state index in [1.807, 2.05) is 11.3 Å². The lowest BCUT2D eigenvalue weighted by molar-refractivity contribution is 0.517. The maximum atomic E-state index is 3.66. The summed E-state index contributed by atoms with van der Waals surface area (Å²) in [5.74, 6) is 0. The first-order valence-electron chi connectivity index (χ1n) is 5.91. The van der Waals surface area contributed by atoms with Gasteiger partial charge < -0.3 is 5.32 Å². The molecule has 1 unspecified atom stereocenters. The molecule has 2 aromatic rings. The minimum absolute atomic E-state index is 0.425. The fourth-order valence-corrected chi connectivity index (χ4v) is 5.64. The maximum absolute atomic E-state index is 3.66. The van der Waals surface area contributed by atoms with Gasteiger partial charge in [0.2, 0.25) is 0 Å². The minimum Gasteiger partial charge on any atom is -0.310 e. The third-order valence-electron chi connectivity index (χ3n) is 2.77. The van der Waals surface area contributed by atoms with Crippen LogP contribution in [0.4, 0.5) is 0 Å². The van der Waals surface area contributed by atoms with Crippen LogP contribution in [0.2, 0.25) is 0 Å². The average Bonchev–Trinajstić information content (AvgIpc) is 2.94. The van der Waals surface area contributed by atoms with Gasteiger partial charge in [0.25, 0.3) is 0 Å². The Hall–Kier alpha value is 0.320. The van der Waals surface area contributed by atoms with E-state index in [2.05, 4.69) is 67.7 Å². The Morgan fingerprint density at radius 1 is 1.39 bits per heavy atom. The van der Waals surface area contributed by atoms with E-state index in [4.69, 9.17) is 0 Å². The Balaban J connectivity index is 2.05. The Bertz CT molecular complexity index is 479. The molecule has 5 heteroatoms. The van der Waals surface area contributed by atoms with Crippen LogP contribution in [0.15, 0.2) is 31.2 Å². The van der Waals surface area contributed by atoms with E-state index < -0.39 is 0 Å². The fourth-order valence-electron chi connectivity index (χ4n) is 1.95. The van der Waals surface area contributed by atoms with Crippen molar-refractivity contribution < 1.29 is 0 Å². The lowest BCUT2D eigenvalue weighted by Crippen LogP contribution is -2.21. The Morgan fingerprint density at radius 3 is 2.78 bits per heavy atom. The highest BCUT2D eigenvalue weighted by Crippen LogP contribution is 2.37. The van der Waals surface area contributed by atoms with E-state index in [0.717, 1.165) is 19.4 Å². The quantitative estimate of drug-likeness (QED) is 0.654. The molecular formula is C13H15Br2NS2. The van der Waals surface area contributed by atoms with Gasteiger partial charge in [0.15, 0.2) is 0 Å². The van der Waals surface area contributed by atoms with Crippen LogP contribution >= 0.6 is 54.5 Å². The van der Waals surface area contributed by atoms with E-state index in [0.29, 0.717) is 6.04 Å². The molecule has 0 aromatic carbocycles. The summed E-state index contributed by atoms with van der Waals surface area (Å²) in [7, 11) is 0. The van der Waals surface area contributed by atoms with Crippen molar-refractivity contribution in [1.82, 2.24) is 5.32 Å². The number of aryl methyl sites for hydroxylation is 1. The van der Waals surface area contributed by atoms with Crippen LogP contribution in [0, 0.1) is 0 Å². The van der Waals surface area contributed by atoms with Crippen molar-refractivity contribution in [2.75, 3.05) is 6.54 Å². The standard InChI is InChI=1S/C13H15Br2NS2/c1-2-16-11(6-5-9-4-3-7-17-9)10-8-12(14)18-13(10)15/h3-4,7-8,11,16H,2,5-6H2,1H3. The molecule has 0 aliphatic carbocycles. The third-order valence-corrected chi connectivity index (χ3v) is 6.09. The van der Waals surface area contributed by atoms with Crippen molar-refractivity contribution in [3.8, 4) is 0 Å². The Morgan fingerprint density at radius 2 is 2.22 bits per heavy atom. The second-order valence-electron chi connectivity index (χ2n) is 4.01. The molecule has 0 spiro atoms. The molecule has 2 heterocycles. The summed E-state index contributed by atoms with van der Waals surface area (Å²) < 4.78 is 2.41. The van der Waals surface area contributed by atoms with Gasteiger partial charge in [-0.1, -0.05) is 13.0 Å². The SMILES string of the molecule is CCNC(CCc1cccs1)c1cc(Br)sc1Br. The van der Waals surface area contributed by atoms with Crippen molar-refractivity contribution in [1.29, 1.82) is 0 Å². The van der Waals surface area contributed by atoms with Crippen LogP contribution in [-0.2, 0) is 6.42 Å². The predicted molar refractivity (Wildman–Crippen MR) is 88.8 cm³/mol. The monoisotopic (exact) mass is 407 g/mol. The number of halogens is 2. The molecule has 0 fully saturated rings. The highest BCUT2D eigenvalue weighted by atomic mass is 79.9. The molecule has 0 amide bonds. The molecule has 0 aliphatic heterocycles. The van der Waals surface area contributed by atoms with Gasteiger partial charge in [0, 0.05) is 10.9 Å². The molecule has 1 N–H and O–H groups in total. The first kappa shape index (κ1) is 14.7. The van der Waals surface area contributed by atoms with Gasteiger partial charge in [0.05, 0.1) is 7.57 Å². The van der Waals surface area contributed by atoms with Crippen LogP contribution < -0.4 is 5.32 Å². The Kier molecular flexibility index (Phi) is 5.89. The summed E-state index contributed by atoms with van der Waals surface area (Å²) >= 11 is 10.8. The van der Waals surface area contributed by atoms with Gasteiger partial charge in [-0.3, -0.25) is 0 Å². The summed E-state index contributed by atoms with van der Waals surface area (Å²) in [5.41, 5.74) is 1.37. The molecule has 1 atom stereocenters. The summed E-state index contributed by atoms with van der Waals surface area (Å²) in [5, 5.41) is 5.72. The summed E-state index contributed by atoms with van der Waals surface area (Å²) in [6.45, 7) is 3.16. The van der Waals surface area contributed by atoms with E-state index in [9.17, 15) is 0 Å². The van der Waals surface area contributed by atoms with E-state index in [-0.39, 0.29) is 0 Å². The smallest absolute Gasteiger partial charge is 0.0758 e. The molecule has 0 bridgehead atoms.